The van der Waals surface area contributed by atoms with Gasteiger partial charge in [-0.05, 0) is 25.1 Å². The number of benzene rings is 1. The Labute approximate surface area is 112 Å². The molecule has 0 aliphatic carbocycles. The van der Waals surface area contributed by atoms with Crippen molar-refractivity contribution in [2.24, 2.45) is 0 Å². The summed E-state index contributed by atoms with van der Waals surface area (Å²) in [4.78, 5) is 2.30. The van der Waals surface area contributed by atoms with E-state index in [2.05, 4.69) is 54.5 Å². The number of anilines is 1. The van der Waals surface area contributed by atoms with Gasteiger partial charge >= 0.3 is 0 Å². The van der Waals surface area contributed by atoms with Crippen molar-refractivity contribution >= 4 is 5.69 Å². The minimum absolute atomic E-state index is 1.07. The van der Waals surface area contributed by atoms with Gasteiger partial charge in [0, 0.05) is 25.8 Å². The summed E-state index contributed by atoms with van der Waals surface area (Å²) >= 11 is 0. The van der Waals surface area contributed by atoms with E-state index < -0.39 is 0 Å². The van der Waals surface area contributed by atoms with Crippen LogP contribution in [-0.4, -0.2) is 26.7 Å². The van der Waals surface area contributed by atoms with E-state index in [1.807, 2.05) is 0 Å². The largest absolute Gasteiger partial charge is 0.373 e. The van der Waals surface area contributed by atoms with Crippen LogP contribution in [-0.2, 0) is 0 Å². The molecule has 0 saturated heterocycles. The first-order valence-corrected chi connectivity index (χ1v) is 7.31. The zero-order chi connectivity index (χ0) is 13.1. The minimum Gasteiger partial charge on any atom is -0.373 e. The first-order valence-electron chi connectivity index (χ1n) is 7.31. The second kappa shape index (κ2) is 9.95. The van der Waals surface area contributed by atoms with Crippen LogP contribution in [0.1, 0.15) is 39.0 Å². The molecule has 1 aromatic carbocycles. The molecule has 102 valence electrons. The predicted molar refractivity (Wildman–Crippen MR) is 81.3 cm³/mol. The Bertz CT molecular complexity index is 284. The van der Waals surface area contributed by atoms with E-state index in [9.17, 15) is 0 Å². The average molecular weight is 248 g/mol. The van der Waals surface area contributed by atoms with Crippen LogP contribution in [0, 0.1) is 0 Å². The van der Waals surface area contributed by atoms with Gasteiger partial charge in [-0.2, -0.15) is 0 Å². The monoisotopic (exact) mass is 248 g/mol. The van der Waals surface area contributed by atoms with E-state index >= 15 is 0 Å². The molecule has 0 atom stereocenters. The summed E-state index contributed by atoms with van der Waals surface area (Å²) in [7, 11) is 2.15. The molecule has 2 nitrogen and oxygen atoms in total. The van der Waals surface area contributed by atoms with Crippen LogP contribution < -0.4 is 10.2 Å². The number of hydrogen-bond donors (Lipinski definition) is 1. The summed E-state index contributed by atoms with van der Waals surface area (Å²) in [6, 6.07) is 10.6. The van der Waals surface area contributed by atoms with Gasteiger partial charge in [0.15, 0.2) is 0 Å². The number of unbranched alkanes of at least 4 members (excludes halogenated alkanes) is 4. The molecular weight excluding hydrogens is 220 g/mol. The predicted octanol–water partition coefficient (Wildman–Crippen LogP) is 3.68. The van der Waals surface area contributed by atoms with Crippen molar-refractivity contribution in [3.05, 3.63) is 30.3 Å². The third-order valence-corrected chi connectivity index (χ3v) is 3.28. The molecule has 0 spiro atoms. The Kier molecular flexibility index (Phi) is 8.32. The van der Waals surface area contributed by atoms with Crippen molar-refractivity contribution in [3.8, 4) is 0 Å². The maximum absolute atomic E-state index is 3.52. The van der Waals surface area contributed by atoms with Crippen molar-refractivity contribution in [2.75, 3.05) is 31.6 Å². The molecule has 0 bridgehead atoms. The quantitative estimate of drug-likeness (QED) is 0.635. The van der Waals surface area contributed by atoms with Crippen LogP contribution in [0.3, 0.4) is 0 Å². The number of hydrogen-bond acceptors (Lipinski definition) is 2. The Morgan fingerprint density at radius 3 is 2.39 bits per heavy atom. The summed E-state index contributed by atoms with van der Waals surface area (Å²) in [5.74, 6) is 0. The number of nitrogens with zero attached hydrogens (tertiary/aromatic N) is 1. The topological polar surface area (TPSA) is 15.3 Å². The molecule has 0 unspecified atom stereocenters. The molecular formula is C16H28N2. The molecule has 0 radical (unpaired) electrons. The lowest BCUT2D eigenvalue weighted by atomic mass is 10.1. The molecule has 1 aromatic rings. The minimum atomic E-state index is 1.07. The van der Waals surface area contributed by atoms with Gasteiger partial charge in [0.1, 0.15) is 0 Å². The molecule has 0 aliphatic heterocycles. The highest BCUT2D eigenvalue weighted by molar-refractivity contribution is 5.44. The van der Waals surface area contributed by atoms with Gasteiger partial charge in [0.2, 0.25) is 0 Å². The molecule has 0 heterocycles. The van der Waals surface area contributed by atoms with Gasteiger partial charge in [0.05, 0.1) is 0 Å². The van der Waals surface area contributed by atoms with Crippen LogP contribution in [0.5, 0.6) is 0 Å². The highest BCUT2D eigenvalue weighted by atomic mass is 15.1. The molecule has 2 heteroatoms. The van der Waals surface area contributed by atoms with Gasteiger partial charge in [0.25, 0.3) is 0 Å². The molecule has 1 N–H and O–H groups in total. The normalized spacial score (nSPS) is 10.6. The van der Waals surface area contributed by atoms with Gasteiger partial charge in [-0.1, -0.05) is 50.8 Å². The standard InChI is InChI=1S/C16H28N2/c1-3-4-5-6-10-13-17-14-15-18(2)16-11-8-7-9-12-16/h7-9,11-12,17H,3-6,10,13-15H2,1-2H3. The molecule has 18 heavy (non-hydrogen) atoms. The fraction of sp³-hybridized carbons (Fsp3) is 0.625. The van der Waals surface area contributed by atoms with Gasteiger partial charge in [-0.15, -0.1) is 0 Å². The summed E-state index contributed by atoms with van der Waals surface area (Å²) in [5.41, 5.74) is 1.29. The number of likely N-dealkylation sites (N-methyl/N-ethyl adjacent to an activating group) is 1. The van der Waals surface area contributed by atoms with E-state index in [-0.39, 0.29) is 0 Å². The fourth-order valence-electron chi connectivity index (χ4n) is 2.04. The SMILES string of the molecule is CCCCCCCNCCN(C)c1ccccc1. The first-order chi connectivity index (χ1) is 8.84. The van der Waals surface area contributed by atoms with Crippen molar-refractivity contribution in [3.63, 3.8) is 0 Å². The Hall–Kier alpha value is -1.02. The third kappa shape index (κ3) is 6.65. The molecule has 0 aromatic heterocycles. The molecule has 0 saturated carbocycles. The summed E-state index contributed by atoms with van der Waals surface area (Å²) in [6.45, 7) is 5.56. The number of para-hydroxylation sites is 1. The highest BCUT2D eigenvalue weighted by Gasteiger charge is 1.98. The van der Waals surface area contributed by atoms with Crippen molar-refractivity contribution in [1.29, 1.82) is 0 Å². The van der Waals surface area contributed by atoms with Gasteiger partial charge < -0.3 is 10.2 Å². The second-order valence-electron chi connectivity index (χ2n) is 4.92. The lowest BCUT2D eigenvalue weighted by Crippen LogP contribution is -2.29. The third-order valence-electron chi connectivity index (χ3n) is 3.28. The van der Waals surface area contributed by atoms with E-state index in [1.54, 1.807) is 0 Å². The van der Waals surface area contributed by atoms with Crippen molar-refractivity contribution in [1.82, 2.24) is 5.32 Å². The van der Waals surface area contributed by atoms with Crippen molar-refractivity contribution in [2.45, 2.75) is 39.0 Å². The number of nitrogens with one attached hydrogen (secondary N) is 1. The van der Waals surface area contributed by atoms with E-state index in [1.165, 1.54) is 37.8 Å². The molecule has 1 rings (SSSR count). The van der Waals surface area contributed by atoms with Crippen LogP contribution in [0.4, 0.5) is 5.69 Å². The smallest absolute Gasteiger partial charge is 0.0364 e. The Balaban J connectivity index is 1.98. The number of rotatable bonds is 10. The van der Waals surface area contributed by atoms with Crippen LogP contribution in [0.2, 0.25) is 0 Å². The van der Waals surface area contributed by atoms with Gasteiger partial charge in [-0.3, -0.25) is 0 Å². The lowest BCUT2D eigenvalue weighted by Gasteiger charge is -2.19. The zero-order valence-electron chi connectivity index (χ0n) is 12.0. The summed E-state index contributed by atoms with van der Waals surface area (Å²) < 4.78 is 0. The van der Waals surface area contributed by atoms with Gasteiger partial charge in [-0.25, -0.2) is 0 Å². The van der Waals surface area contributed by atoms with Crippen LogP contribution in [0.15, 0.2) is 30.3 Å². The molecule has 0 aliphatic rings. The fourth-order valence-corrected chi connectivity index (χ4v) is 2.04. The maximum atomic E-state index is 3.52. The first kappa shape index (κ1) is 15.0. The van der Waals surface area contributed by atoms with Crippen LogP contribution >= 0.6 is 0 Å². The summed E-state index contributed by atoms with van der Waals surface area (Å²) in [6.07, 6.45) is 6.79. The van der Waals surface area contributed by atoms with E-state index in [0.29, 0.717) is 0 Å². The lowest BCUT2D eigenvalue weighted by molar-refractivity contribution is 0.584. The Morgan fingerprint density at radius 1 is 0.944 bits per heavy atom. The van der Waals surface area contributed by atoms with E-state index in [4.69, 9.17) is 0 Å². The molecule has 0 fully saturated rings. The average Bonchev–Trinajstić information content (AvgIpc) is 2.42. The second-order valence-corrected chi connectivity index (χ2v) is 4.92. The zero-order valence-corrected chi connectivity index (χ0v) is 12.0. The highest BCUT2D eigenvalue weighted by Crippen LogP contribution is 2.09. The molecule has 0 amide bonds. The van der Waals surface area contributed by atoms with Crippen molar-refractivity contribution < 1.29 is 0 Å². The Morgan fingerprint density at radius 2 is 1.67 bits per heavy atom. The maximum Gasteiger partial charge on any atom is 0.0364 e. The van der Waals surface area contributed by atoms with E-state index in [0.717, 1.165) is 19.6 Å². The summed E-state index contributed by atoms with van der Waals surface area (Å²) in [5, 5.41) is 3.52. The van der Waals surface area contributed by atoms with Crippen LogP contribution in [0.25, 0.3) is 0 Å².